The molecule has 2 aliphatic heterocycles. The molecular formula is C23H28N3O2S+. The van der Waals surface area contributed by atoms with Gasteiger partial charge in [-0.1, -0.05) is 36.4 Å². The average molecular weight is 411 g/mol. The van der Waals surface area contributed by atoms with Crippen LogP contribution in [0.25, 0.3) is 0 Å². The van der Waals surface area contributed by atoms with Gasteiger partial charge >= 0.3 is 0 Å². The number of anilines is 1. The molecule has 0 radical (unpaired) electrons. The Kier molecular flexibility index (Phi) is 6.52. The Bertz CT molecular complexity index is 863. The second kappa shape index (κ2) is 9.46. The molecular weight excluding hydrogens is 382 g/mol. The molecule has 0 unspecified atom stereocenters. The highest BCUT2D eigenvalue weighted by atomic mass is 32.2. The molecule has 2 amide bonds. The van der Waals surface area contributed by atoms with Crippen LogP contribution in [-0.4, -0.2) is 37.2 Å². The lowest BCUT2D eigenvalue weighted by Gasteiger charge is -2.28. The fourth-order valence-corrected chi connectivity index (χ4v) is 4.95. The number of hydrogen-bond donors (Lipinski definition) is 2. The monoisotopic (exact) mass is 410 g/mol. The Balaban J connectivity index is 1.24. The Hall–Kier alpha value is -2.31. The zero-order chi connectivity index (χ0) is 20.1. The van der Waals surface area contributed by atoms with Crippen LogP contribution in [0.3, 0.4) is 0 Å². The van der Waals surface area contributed by atoms with E-state index in [4.69, 9.17) is 0 Å². The minimum absolute atomic E-state index is 0.0286. The first-order valence-corrected chi connectivity index (χ1v) is 11.4. The molecule has 0 aromatic heterocycles. The van der Waals surface area contributed by atoms with Gasteiger partial charge in [0.25, 0.3) is 0 Å². The molecule has 2 N–H and O–H groups in total. The summed E-state index contributed by atoms with van der Waals surface area (Å²) in [6.45, 7) is 4.59. The van der Waals surface area contributed by atoms with E-state index in [0.717, 1.165) is 22.7 Å². The molecule has 5 nitrogen and oxygen atoms in total. The van der Waals surface area contributed by atoms with Crippen molar-refractivity contribution in [2.24, 2.45) is 0 Å². The van der Waals surface area contributed by atoms with Crippen LogP contribution in [0.1, 0.15) is 30.4 Å². The average Bonchev–Trinajstić information content (AvgIpc) is 3.25. The van der Waals surface area contributed by atoms with E-state index in [2.05, 4.69) is 29.6 Å². The maximum Gasteiger partial charge on any atom is 0.237 e. The molecule has 4 rings (SSSR count). The molecule has 29 heavy (non-hydrogen) atoms. The van der Waals surface area contributed by atoms with Gasteiger partial charge in [0.15, 0.2) is 0 Å². The van der Waals surface area contributed by atoms with Crippen molar-refractivity contribution in [2.45, 2.75) is 37.2 Å². The number of nitrogens with one attached hydrogen (secondary N) is 2. The second-order valence-corrected chi connectivity index (χ2v) is 8.80. The highest BCUT2D eigenvalue weighted by molar-refractivity contribution is 8.00. The van der Waals surface area contributed by atoms with Crippen LogP contribution >= 0.6 is 11.8 Å². The van der Waals surface area contributed by atoms with Crippen molar-refractivity contribution in [3.63, 3.8) is 0 Å². The number of amides is 2. The summed E-state index contributed by atoms with van der Waals surface area (Å²) in [5.41, 5.74) is 3.38. The third-order valence-corrected chi connectivity index (χ3v) is 6.70. The quantitative estimate of drug-likeness (QED) is 0.734. The number of fused-ring (bicyclic) bond motifs is 1. The molecule has 6 heteroatoms. The molecule has 1 fully saturated rings. The molecule has 1 saturated heterocycles. The third kappa shape index (κ3) is 5.19. The van der Waals surface area contributed by atoms with Gasteiger partial charge in [0.1, 0.15) is 6.54 Å². The van der Waals surface area contributed by atoms with Crippen LogP contribution in [0.15, 0.2) is 53.4 Å². The molecule has 0 bridgehead atoms. The second-order valence-electron chi connectivity index (χ2n) is 7.78. The summed E-state index contributed by atoms with van der Waals surface area (Å²) in [4.78, 5) is 29.1. The van der Waals surface area contributed by atoms with Crippen LogP contribution in [0.5, 0.6) is 0 Å². The minimum atomic E-state index is -0.0286. The van der Waals surface area contributed by atoms with Gasteiger partial charge in [-0.05, 0) is 17.7 Å². The van der Waals surface area contributed by atoms with Crippen LogP contribution < -0.4 is 15.1 Å². The van der Waals surface area contributed by atoms with Crippen molar-refractivity contribution < 1.29 is 14.5 Å². The van der Waals surface area contributed by atoms with Crippen LogP contribution in [0, 0.1) is 0 Å². The first kappa shape index (κ1) is 20.0. The van der Waals surface area contributed by atoms with Gasteiger partial charge < -0.3 is 15.1 Å². The van der Waals surface area contributed by atoms with Crippen molar-refractivity contribution in [2.75, 3.05) is 30.3 Å². The summed E-state index contributed by atoms with van der Waals surface area (Å²) in [6, 6.07) is 16.4. The predicted octanol–water partition coefficient (Wildman–Crippen LogP) is 2.01. The Labute approximate surface area is 176 Å². The predicted molar refractivity (Wildman–Crippen MR) is 116 cm³/mol. The van der Waals surface area contributed by atoms with Gasteiger partial charge in [0.05, 0.1) is 24.5 Å². The highest BCUT2D eigenvalue weighted by Gasteiger charge is 2.24. The molecule has 2 aliphatic rings. The summed E-state index contributed by atoms with van der Waals surface area (Å²) in [7, 11) is 0. The van der Waals surface area contributed by atoms with E-state index >= 15 is 0 Å². The fourth-order valence-electron chi connectivity index (χ4n) is 4.02. The summed E-state index contributed by atoms with van der Waals surface area (Å²) in [5.74, 6) is 0.473. The molecule has 152 valence electrons. The number of thioether (sulfide) groups is 1. The largest absolute Gasteiger partial charge is 0.352 e. The Morgan fingerprint density at radius 1 is 1.03 bits per heavy atom. The maximum atomic E-state index is 12.3. The molecule has 2 aromatic carbocycles. The van der Waals surface area contributed by atoms with E-state index in [-0.39, 0.29) is 11.8 Å². The van der Waals surface area contributed by atoms with E-state index in [0.29, 0.717) is 25.3 Å². The van der Waals surface area contributed by atoms with E-state index in [1.54, 1.807) is 21.6 Å². The number of nitrogens with zero attached hydrogens (tertiary/aromatic N) is 1. The smallest absolute Gasteiger partial charge is 0.237 e. The summed E-state index contributed by atoms with van der Waals surface area (Å²) in [6.07, 6.45) is 2.99. The fraction of sp³-hybridized carbons (Fsp3) is 0.391. The van der Waals surface area contributed by atoms with E-state index in [1.165, 1.54) is 31.5 Å². The zero-order valence-electron chi connectivity index (χ0n) is 16.7. The molecule has 2 aromatic rings. The van der Waals surface area contributed by atoms with Crippen molar-refractivity contribution in [3.8, 4) is 0 Å². The molecule has 0 saturated carbocycles. The summed E-state index contributed by atoms with van der Waals surface area (Å²) < 4.78 is 0. The van der Waals surface area contributed by atoms with Gasteiger partial charge in [0.2, 0.25) is 11.8 Å². The van der Waals surface area contributed by atoms with E-state index < -0.39 is 0 Å². The number of quaternary nitrogens is 1. The Morgan fingerprint density at radius 2 is 1.76 bits per heavy atom. The first-order valence-electron chi connectivity index (χ1n) is 10.4. The van der Waals surface area contributed by atoms with Gasteiger partial charge in [0, 0.05) is 42.8 Å². The number of hydrogen-bond acceptors (Lipinski definition) is 3. The van der Waals surface area contributed by atoms with Crippen molar-refractivity contribution >= 4 is 29.3 Å². The van der Waals surface area contributed by atoms with Gasteiger partial charge in [-0.3, -0.25) is 9.59 Å². The Morgan fingerprint density at radius 3 is 2.55 bits per heavy atom. The van der Waals surface area contributed by atoms with Crippen molar-refractivity contribution in [1.82, 2.24) is 5.32 Å². The topological polar surface area (TPSA) is 53.9 Å². The van der Waals surface area contributed by atoms with Gasteiger partial charge in [-0.25, -0.2) is 0 Å². The van der Waals surface area contributed by atoms with Crippen LogP contribution in [0.4, 0.5) is 5.69 Å². The van der Waals surface area contributed by atoms with Crippen molar-refractivity contribution in [1.29, 1.82) is 0 Å². The molecule has 0 atom stereocenters. The lowest BCUT2D eigenvalue weighted by Crippen LogP contribution is -3.08. The third-order valence-electron chi connectivity index (χ3n) is 5.65. The number of carbonyl (C=O) groups excluding carboxylic acids is 2. The first-order chi connectivity index (χ1) is 14.2. The summed E-state index contributed by atoms with van der Waals surface area (Å²) in [5, 5.41) is 2.98. The lowest BCUT2D eigenvalue weighted by atomic mass is 10.1. The number of benzene rings is 2. The molecule has 2 heterocycles. The normalized spacial score (nSPS) is 16.7. The van der Waals surface area contributed by atoms with Crippen LogP contribution in [-0.2, 0) is 22.7 Å². The molecule has 0 spiro atoms. The standard InChI is InChI=1S/C23H27N3O2S/c27-22(11-14-26-20-5-1-2-6-21(20)29-17-23(26)28)24-15-18-7-9-19(10-8-18)16-25-12-3-4-13-25/h1-2,5-10H,3-4,11-17H2,(H,24,27)/p+1. The number of rotatable bonds is 7. The lowest BCUT2D eigenvalue weighted by molar-refractivity contribution is -0.901. The molecule has 0 aliphatic carbocycles. The van der Waals surface area contributed by atoms with Gasteiger partial charge in [-0.15, -0.1) is 11.8 Å². The highest BCUT2D eigenvalue weighted by Crippen LogP contribution is 2.34. The number of likely N-dealkylation sites (tertiary alicyclic amines) is 1. The number of carbonyl (C=O) groups is 2. The zero-order valence-corrected chi connectivity index (χ0v) is 17.5. The maximum absolute atomic E-state index is 12.3. The SMILES string of the molecule is O=C(CCN1C(=O)CSc2ccccc21)NCc1ccc(C[NH+]2CCCC2)cc1. The van der Waals surface area contributed by atoms with E-state index in [1.807, 2.05) is 24.3 Å². The minimum Gasteiger partial charge on any atom is -0.352 e. The van der Waals surface area contributed by atoms with E-state index in [9.17, 15) is 9.59 Å². The van der Waals surface area contributed by atoms with Crippen molar-refractivity contribution in [3.05, 3.63) is 59.7 Å². The van der Waals surface area contributed by atoms with Gasteiger partial charge in [-0.2, -0.15) is 0 Å². The number of para-hydroxylation sites is 1. The summed E-state index contributed by atoms with van der Waals surface area (Å²) >= 11 is 1.56. The van der Waals surface area contributed by atoms with Crippen LogP contribution in [0.2, 0.25) is 0 Å².